The first-order chi connectivity index (χ1) is 14.6. The summed E-state index contributed by atoms with van der Waals surface area (Å²) in [6.07, 6.45) is 9.63. The molecule has 0 aromatic rings. The smallest absolute Gasteiger partial charge is 0.324 e. The lowest BCUT2D eigenvalue weighted by molar-refractivity contribution is -0.0662. The van der Waals surface area contributed by atoms with Crippen molar-refractivity contribution in [1.29, 1.82) is 0 Å². The topological polar surface area (TPSA) is 74.2 Å². The molecule has 9 nitrogen and oxygen atoms in total. The molecule has 0 fully saturated rings. The summed E-state index contributed by atoms with van der Waals surface area (Å²) in [5.41, 5.74) is 0. The molecule has 0 amide bonds. The Morgan fingerprint density at radius 1 is 0.667 bits per heavy atom. The molecule has 30 heavy (non-hydrogen) atoms. The van der Waals surface area contributed by atoms with Crippen molar-refractivity contribution >= 4 is 24.6 Å². The monoisotopic (exact) mass is 477 g/mol. The molecule has 12 heteroatoms. The molecule has 2 unspecified atom stereocenters. The van der Waals surface area contributed by atoms with Gasteiger partial charge in [0, 0.05) is 0 Å². The summed E-state index contributed by atoms with van der Waals surface area (Å²) < 4.78 is 31.8. The summed E-state index contributed by atoms with van der Waals surface area (Å²) in [6.45, 7) is 23.4. The molecule has 1 heterocycles. The fourth-order valence-corrected chi connectivity index (χ4v) is 9.52. The van der Waals surface area contributed by atoms with Crippen LogP contribution in [0.15, 0.2) is 80.4 Å². The second-order valence-electron chi connectivity index (χ2n) is 5.10. The molecule has 0 aliphatic carbocycles. The minimum atomic E-state index is -3.19. The summed E-state index contributed by atoms with van der Waals surface area (Å²) in [4.78, 5) is 11.8. The molecule has 0 bridgehead atoms. The standard InChI is InChI=1S/C18H30N3O6P3/c1-7-13-22-20-28(24-15-9-3)19-30(26-17-11-5,27-18-12-6)21(23-14-8-2)29(20)25-16-10-4/h7-12H,1-6,13-18H2. The Labute approximate surface area is 182 Å². The van der Waals surface area contributed by atoms with Gasteiger partial charge < -0.3 is 18.1 Å². The normalized spacial score (nSPS) is 21.3. The zero-order valence-corrected chi connectivity index (χ0v) is 19.8. The van der Waals surface area contributed by atoms with Crippen LogP contribution in [0.3, 0.4) is 0 Å². The van der Waals surface area contributed by atoms with Gasteiger partial charge in [-0.1, -0.05) is 41.1 Å². The molecule has 0 aromatic heterocycles. The van der Waals surface area contributed by atoms with Crippen molar-refractivity contribution in [3.8, 4) is 0 Å². The molecule has 0 N–H and O–H groups in total. The Hall–Kier alpha value is -0.790. The average Bonchev–Trinajstić information content (AvgIpc) is 2.76. The third kappa shape index (κ3) is 8.04. The first-order valence-electron chi connectivity index (χ1n) is 8.93. The van der Waals surface area contributed by atoms with E-state index in [4.69, 9.17) is 32.3 Å². The molecule has 0 radical (unpaired) electrons. The average molecular weight is 477 g/mol. The van der Waals surface area contributed by atoms with Crippen molar-refractivity contribution in [1.82, 2.24) is 9.21 Å². The van der Waals surface area contributed by atoms with Crippen molar-refractivity contribution in [2.75, 3.05) is 39.6 Å². The Bertz CT molecular complexity index is 633. The fraction of sp³-hybridized carbons (Fsp3) is 0.333. The van der Waals surface area contributed by atoms with E-state index in [1.54, 1.807) is 36.5 Å². The highest BCUT2D eigenvalue weighted by atomic mass is 31.3. The predicted octanol–water partition coefficient (Wildman–Crippen LogP) is 6.05. The van der Waals surface area contributed by atoms with E-state index < -0.39 is 24.6 Å². The molecule has 1 aliphatic heterocycles. The minimum Gasteiger partial charge on any atom is -0.324 e. The van der Waals surface area contributed by atoms with Crippen molar-refractivity contribution in [2.24, 2.45) is 4.52 Å². The van der Waals surface area contributed by atoms with Crippen LogP contribution in [-0.2, 0) is 27.8 Å². The van der Waals surface area contributed by atoms with Gasteiger partial charge >= 0.3 is 7.66 Å². The highest BCUT2D eigenvalue weighted by Gasteiger charge is 2.52. The lowest BCUT2D eigenvalue weighted by Crippen LogP contribution is -2.31. The molecule has 1 rings (SSSR count). The zero-order chi connectivity index (χ0) is 22.2. The molecule has 1 aliphatic rings. The van der Waals surface area contributed by atoms with Crippen LogP contribution in [0.4, 0.5) is 0 Å². The first-order valence-corrected chi connectivity index (χ1v) is 12.8. The summed E-state index contributed by atoms with van der Waals surface area (Å²) in [7, 11) is -6.63. The van der Waals surface area contributed by atoms with E-state index in [0.29, 0.717) is 0 Å². The number of nitrogens with zero attached hydrogens (tertiary/aromatic N) is 3. The van der Waals surface area contributed by atoms with E-state index >= 15 is 0 Å². The highest BCUT2D eigenvalue weighted by molar-refractivity contribution is 7.78. The minimum absolute atomic E-state index is 0.170. The van der Waals surface area contributed by atoms with Crippen LogP contribution >= 0.6 is 24.6 Å². The van der Waals surface area contributed by atoms with Gasteiger partial charge in [0.05, 0.1) is 39.6 Å². The third-order valence-electron chi connectivity index (χ3n) is 2.80. The van der Waals surface area contributed by atoms with Crippen LogP contribution in [0.1, 0.15) is 0 Å². The van der Waals surface area contributed by atoms with E-state index in [2.05, 4.69) is 39.5 Å². The quantitative estimate of drug-likeness (QED) is 0.175. The van der Waals surface area contributed by atoms with Gasteiger partial charge in [0.25, 0.3) is 16.9 Å². The van der Waals surface area contributed by atoms with Gasteiger partial charge in [0.1, 0.15) is 0 Å². The highest BCUT2D eigenvalue weighted by Crippen LogP contribution is 2.79. The first kappa shape index (κ1) is 27.2. The van der Waals surface area contributed by atoms with Crippen LogP contribution < -0.4 is 0 Å². The van der Waals surface area contributed by atoms with E-state index in [-0.39, 0.29) is 39.6 Å². The van der Waals surface area contributed by atoms with Gasteiger partial charge in [0.2, 0.25) is 0 Å². The summed E-state index contributed by atoms with van der Waals surface area (Å²) >= 11 is 0. The lowest BCUT2D eigenvalue weighted by Gasteiger charge is -2.44. The van der Waals surface area contributed by atoms with Crippen molar-refractivity contribution in [3.63, 3.8) is 0 Å². The summed E-state index contributed by atoms with van der Waals surface area (Å²) in [5, 5.41) is 0. The SMILES string of the molecule is C=CCON1P(OCC=C)N=P(OCC=C)(OCC=C)N(OCC=C)P1OCC=C. The second kappa shape index (κ2) is 15.9. The Morgan fingerprint density at radius 2 is 1.17 bits per heavy atom. The van der Waals surface area contributed by atoms with E-state index in [9.17, 15) is 0 Å². The molecule has 0 aromatic carbocycles. The van der Waals surface area contributed by atoms with E-state index in [1.165, 1.54) is 9.21 Å². The van der Waals surface area contributed by atoms with Crippen LogP contribution in [0.25, 0.3) is 0 Å². The van der Waals surface area contributed by atoms with Gasteiger partial charge in [-0.15, -0.1) is 39.5 Å². The number of hydrogen-bond acceptors (Lipinski definition) is 9. The zero-order valence-electron chi connectivity index (χ0n) is 17.1. The van der Waals surface area contributed by atoms with Crippen LogP contribution in [-0.4, -0.2) is 48.8 Å². The Balaban J connectivity index is 3.56. The summed E-state index contributed by atoms with van der Waals surface area (Å²) in [5.74, 6) is 0. The molecule has 0 spiro atoms. The molecule has 0 saturated heterocycles. The predicted molar refractivity (Wildman–Crippen MR) is 124 cm³/mol. The maximum absolute atomic E-state index is 6.05. The molecule has 2 atom stereocenters. The fourth-order valence-electron chi connectivity index (χ4n) is 1.75. The van der Waals surface area contributed by atoms with Crippen molar-refractivity contribution in [3.05, 3.63) is 75.9 Å². The Morgan fingerprint density at radius 3 is 1.70 bits per heavy atom. The third-order valence-corrected chi connectivity index (χ3v) is 9.87. The largest absolute Gasteiger partial charge is 0.328 e. The van der Waals surface area contributed by atoms with Crippen molar-refractivity contribution < 1.29 is 27.8 Å². The van der Waals surface area contributed by atoms with Crippen LogP contribution in [0, 0.1) is 0 Å². The molecular weight excluding hydrogens is 447 g/mol. The van der Waals surface area contributed by atoms with Gasteiger partial charge in [-0.25, -0.2) is 0 Å². The van der Waals surface area contributed by atoms with Gasteiger partial charge in [-0.05, 0) is 4.60 Å². The second-order valence-corrected chi connectivity index (χ2v) is 10.9. The van der Waals surface area contributed by atoms with E-state index in [0.717, 1.165) is 0 Å². The maximum atomic E-state index is 6.05. The molecular formula is C18H30N3O6P3. The van der Waals surface area contributed by atoms with Crippen molar-refractivity contribution in [2.45, 2.75) is 0 Å². The van der Waals surface area contributed by atoms with Crippen LogP contribution in [0.2, 0.25) is 0 Å². The van der Waals surface area contributed by atoms with Gasteiger partial charge in [-0.3, -0.25) is 9.68 Å². The van der Waals surface area contributed by atoms with Gasteiger partial charge in [0.15, 0.2) is 0 Å². The van der Waals surface area contributed by atoms with Gasteiger partial charge in [-0.2, -0.15) is 4.52 Å². The molecule has 0 saturated carbocycles. The number of hydrogen-bond donors (Lipinski definition) is 0. The maximum Gasteiger partial charge on any atom is 0.328 e. The Kier molecular flexibility index (Phi) is 14.5. The van der Waals surface area contributed by atoms with E-state index in [1.807, 2.05) is 0 Å². The lowest BCUT2D eigenvalue weighted by atomic mass is 10.7. The molecule has 168 valence electrons. The van der Waals surface area contributed by atoms with Crippen LogP contribution in [0.5, 0.6) is 0 Å². The summed E-state index contributed by atoms with van der Waals surface area (Å²) in [6, 6.07) is 0. The number of rotatable bonds is 18.